The van der Waals surface area contributed by atoms with Gasteiger partial charge < -0.3 is 5.11 Å². The second-order valence-corrected chi connectivity index (χ2v) is 4.68. The van der Waals surface area contributed by atoms with Crippen molar-refractivity contribution in [1.29, 1.82) is 0 Å². The molecule has 1 aromatic carbocycles. The Morgan fingerprint density at radius 2 is 2.11 bits per heavy atom. The van der Waals surface area contributed by atoms with Crippen LogP contribution in [-0.2, 0) is 10.2 Å². The predicted molar refractivity (Wildman–Crippen MR) is 64.6 cm³/mol. The van der Waals surface area contributed by atoms with Crippen molar-refractivity contribution in [2.24, 2.45) is 0 Å². The van der Waals surface area contributed by atoms with Crippen molar-refractivity contribution in [3.8, 4) is 5.69 Å². The van der Waals surface area contributed by atoms with Gasteiger partial charge in [0, 0.05) is 0 Å². The van der Waals surface area contributed by atoms with E-state index < -0.39 is 11.4 Å². The van der Waals surface area contributed by atoms with Crippen molar-refractivity contribution in [2.45, 2.75) is 25.2 Å². The van der Waals surface area contributed by atoms with Crippen molar-refractivity contribution in [2.75, 3.05) is 0 Å². The molecular formula is C13H13N3O2. The van der Waals surface area contributed by atoms with Crippen LogP contribution in [-0.4, -0.2) is 26.1 Å². The molecule has 1 fully saturated rings. The lowest BCUT2D eigenvalue weighted by atomic mass is 9.94. The van der Waals surface area contributed by atoms with Crippen LogP contribution in [0.15, 0.2) is 30.5 Å². The van der Waals surface area contributed by atoms with Crippen LogP contribution in [0.3, 0.4) is 0 Å². The highest BCUT2D eigenvalue weighted by atomic mass is 16.4. The summed E-state index contributed by atoms with van der Waals surface area (Å²) in [5.74, 6) is -0.765. The van der Waals surface area contributed by atoms with E-state index in [0.29, 0.717) is 12.8 Å². The van der Waals surface area contributed by atoms with Crippen LogP contribution in [0.2, 0.25) is 0 Å². The Balaban J connectivity index is 2.14. The zero-order valence-electron chi connectivity index (χ0n) is 10.00. The molecule has 0 spiro atoms. The second-order valence-electron chi connectivity index (χ2n) is 4.68. The fourth-order valence-electron chi connectivity index (χ4n) is 2.23. The lowest BCUT2D eigenvalue weighted by Gasteiger charge is -2.14. The number of carboxylic acids is 1. The van der Waals surface area contributed by atoms with E-state index in [1.807, 2.05) is 31.2 Å². The molecule has 5 nitrogen and oxygen atoms in total. The molecule has 0 unspecified atom stereocenters. The third-order valence-corrected chi connectivity index (χ3v) is 3.40. The number of hydrogen-bond acceptors (Lipinski definition) is 3. The van der Waals surface area contributed by atoms with Crippen molar-refractivity contribution in [3.63, 3.8) is 0 Å². The number of aromatic nitrogens is 3. The van der Waals surface area contributed by atoms with Crippen LogP contribution in [0, 0.1) is 6.92 Å². The predicted octanol–water partition coefficient (Wildman–Crippen LogP) is 1.69. The molecule has 1 N–H and O–H groups in total. The Morgan fingerprint density at radius 1 is 1.39 bits per heavy atom. The number of aryl methyl sites for hydroxylation is 1. The van der Waals surface area contributed by atoms with Gasteiger partial charge in [-0.2, -0.15) is 15.0 Å². The van der Waals surface area contributed by atoms with Crippen molar-refractivity contribution >= 4 is 5.97 Å². The van der Waals surface area contributed by atoms with Gasteiger partial charge in [-0.15, -0.1) is 0 Å². The molecule has 1 aliphatic carbocycles. The zero-order chi connectivity index (χ0) is 12.8. The van der Waals surface area contributed by atoms with Gasteiger partial charge in [-0.25, -0.2) is 0 Å². The highest BCUT2D eigenvalue weighted by molar-refractivity contribution is 5.86. The molecule has 0 bridgehead atoms. The van der Waals surface area contributed by atoms with Crippen LogP contribution < -0.4 is 0 Å². The number of aliphatic carboxylic acids is 1. The van der Waals surface area contributed by atoms with E-state index in [1.54, 1.807) is 6.20 Å². The molecule has 2 aromatic rings. The number of para-hydroxylation sites is 1. The Labute approximate surface area is 104 Å². The number of benzene rings is 1. The first-order chi connectivity index (χ1) is 8.63. The molecule has 18 heavy (non-hydrogen) atoms. The van der Waals surface area contributed by atoms with Gasteiger partial charge in [-0.1, -0.05) is 18.2 Å². The summed E-state index contributed by atoms with van der Waals surface area (Å²) in [7, 11) is 0. The Hall–Kier alpha value is -2.17. The lowest BCUT2D eigenvalue weighted by Crippen LogP contribution is -2.22. The fraction of sp³-hybridized carbons (Fsp3) is 0.308. The van der Waals surface area contributed by atoms with Crippen LogP contribution in [0.4, 0.5) is 0 Å². The Bertz CT molecular complexity index is 614. The van der Waals surface area contributed by atoms with Gasteiger partial charge in [-0.05, 0) is 31.4 Å². The van der Waals surface area contributed by atoms with Crippen molar-refractivity contribution in [3.05, 3.63) is 41.7 Å². The summed E-state index contributed by atoms with van der Waals surface area (Å²) in [6.45, 7) is 1.86. The molecule has 92 valence electrons. The maximum absolute atomic E-state index is 11.4. The molecule has 1 saturated carbocycles. The van der Waals surface area contributed by atoms with Gasteiger partial charge in [-0.3, -0.25) is 4.79 Å². The Kier molecular flexibility index (Phi) is 2.23. The summed E-state index contributed by atoms with van der Waals surface area (Å²) in [5.41, 5.74) is 1.63. The normalized spacial score (nSPS) is 16.5. The van der Waals surface area contributed by atoms with E-state index in [-0.39, 0.29) is 0 Å². The summed E-state index contributed by atoms with van der Waals surface area (Å²) in [5, 5.41) is 17.8. The quantitative estimate of drug-likeness (QED) is 0.890. The van der Waals surface area contributed by atoms with Crippen molar-refractivity contribution in [1.82, 2.24) is 15.0 Å². The smallest absolute Gasteiger partial charge is 0.314 e. The first kappa shape index (κ1) is 11.0. The minimum atomic E-state index is -0.765. The summed E-state index contributed by atoms with van der Waals surface area (Å²) in [6.07, 6.45) is 3.02. The topological polar surface area (TPSA) is 68.0 Å². The third-order valence-electron chi connectivity index (χ3n) is 3.40. The number of carbonyl (C=O) groups is 1. The molecule has 0 radical (unpaired) electrons. The van der Waals surface area contributed by atoms with E-state index in [4.69, 9.17) is 0 Å². The standard InChI is InChI=1S/C13H13N3O2/c1-9-8-14-16(15-9)11-5-3-2-4-10(11)13(6-7-13)12(17)18/h2-5,8H,6-7H2,1H3,(H,17,18). The molecule has 0 amide bonds. The lowest BCUT2D eigenvalue weighted by molar-refractivity contribution is -0.140. The van der Waals surface area contributed by atoms with E-state index >= 15 is 0 Å². The molecule has 0 atom stereocenters. The zero-order valence-corrected chi connectivity index (χ0v) is 10.00. The van der Waals surface area contributed by atoms with Gasteiger partial charge >= 0.3 is 5.97 Å². The molecule has 1 aliphatic rings. The SMILES string of the molecule is Cc1cnn(-c2ccccc2C2(C(=O)O)CC2)n1. The van der Waals surface area contributed by atoms with Crippen LogP contribution in [0.25, 0.3) is 5.69 Å². The second kappa shape index (κ2) is 3.66. The first-order valence-electron chi connectivity index (χ1n) is 5.86. The molecule has 3 rings (SSSR count). The fourth-order valence-corrected chi connectivity index (χ4v) is 2.23. The van der Waals surface area contributed by atoms with E-state index in [0.717, 1.165) is 16.9 Å². The highest BCUT2D eigenvalue weighted by Crippen LogP contribution is 2.50. The van der Waals surface area contributed by atoms with Gasteiger partial charge in [0.2, 0.25) is 0 Å². The maximum atomic E-state index is 11.4. The summed E-state index contributed by atoms with van der Waals surface area (Å²) in [4.78, 5) is 12.9. The van der Waals surface area contributed by atoms with E-state index in [9.17, 15) is 9.90 Å². The first-order valence-corrected chi connectivity index (χ1v) is 5.86. The molecule has 1 heterocycles. The number of carboxylic acid groups (broad SMARTS) is 1. The minimum Gasteiger partial charge on any atom is -0.481 e. The number of nitrogens with zero attached hydrogens (tertiary/aromatic N) is 3. The minimum absolute atomic E-state index is 0.680. The summed E-state index contributed by atoms with van der Waals surface area (Å²) in [6, 6.07) is 7.45. The van der Waals surface area contributed by atoms with Gasteiger partial charge in [0.15, 0.2) is 0 Å². The van der Waals surface area contributed by atoms with Crippen LogP contribution in [0.1, 0.15) is 24.1 Å². The average molecular weight is 243 g/mol. The van der Waals surface area contributed by atoms with E-state index in [2.05, 4.69) is 10.2 Å². The number of rotatable bonds is 3. The van der Waals surface area contributed by atoms with E-state index in [1.165, 1.54) is 4.80 Å². The maximum Gasteiger partial charge on any atom is 0.314 e. The molecule has 0 saturated heterocycles. The summed E-state index contributed by atoms with van der Waals surface area (Å²) < 4.78 is 0. The Morgan fingerprint density at radius 3 is 2.67 bits per heavy atom. The average Bonchev–Trinajstić information content (AvgIpc) is 3.07. The van der Waals surface area contributed by atoms with Gasteiger partial charge in [0.05, 0.1) is 23.0 Å². The van der Waals surface area contributed by atoms with Crippen LogP contribution >= 0.6 is 0 Å². The molecule has 5 heteroatoms. The summed E-state index contributed by atoms with van der Waals surface area (Å²) >= 11 is 0. The van der Waals surface area contributed by atoms with Crippen molar-refractivity contribution < 1.29 is 9.90 Å². The monoisotopic (exact) mass is 243 g/mol. The van der Waals surface area contributed by atoms with Gasteiger partial charge in [0.1, 0.15) is 0 Å². The number of hydrogen-bond donors (Lipinski definition) is 1. The largest absolute Gasteiger partial charge is 0.481 e. The van der Waals surface area contributed by atoms with Gasteiger partial charge in [0.25, 0.3) is 0 Å². The van der Waals surface area contributed by atoms with Crippen LogP contribution in [0.5, 0.6) is 0 Å². The highest BCUT2D eigenvalue weighted by Gasteiger charge is 2.53. The molecule has 1 aromatic heterocycles. The molecule has 0 aliphatic heterocycles. The third kappa shape index (κ3) is 1.51. The molecular weight excluding hydrogens is 230 g/mol.